The van der Waals surface area contributed by atoms with Crippen LogP contribution in [0.4, 0.5) is 17.6 Å². The molecular formula is C15H11ClF4O. The quantitative estimate of drug-likeness (QED) is 0.782. The number of alkyl halides is 3. The van der Waals surface area contributed by atoms with E-state index in [0.29, 0.717) is 0 Å². The van der Waals surface area contributed by atoms with Gasteiger partial charge in [0.15, 0.2) is 0 Å². The fraction of sp³-hybridized carbons (Fsp3) is 0.200. The van der Waals surface area contributed by atoms with E-state index in [1.807, 2.05) is 0 Å². The summed E-state index contributed by atoms with van der Waals surface area (Å²) in [7, 11) is 0. The van der Waals surface area contributed by atoms with Crippen molar-refractivity contribution in [1.82, 2.24) is 0 Å². The fourth-order valence-corrected chi connectivity index (χ4v) is 2.21. The van der Waals surface area contributed by atoms with Crippen LogP contribution in [-0.2, 0) is 6.18 Å². The lowest BCUT2D eigenvalue weighted by Crippen LogP contribution is -2.08. The second-order valence-electron chi connectivity index (χ2n) is 4.65. The number of hydrogen-bond donors (Lipinski definition) is 1. The molecule has 112 valence electrons. The van der Waals surface area contributed by atoms with Gasteiger partial charge in [-0.05, 0) is 42.3 Å². The molecule has 2 aromatic rings. The standard InChI is InChI=1S/C15H11ClF4O/c1-8-5-11(12(16)7-13(8)17)14(21)9-3-2-4-10(6-9)15(18,19)20/h2-7,14,21H,1H3. The Morgan fingerprint density at radius 3 is 2.43 bits per heavy atom. The molecule has 0 aromatic heterocycles. The number of rotatable bonds is 2. The lowest BCUT2D eigenvalue weighted by molar-refractivity contribution is -0.137. The van der Waals surface area contributed by atoms with Crippen molar-refractivity contribution in [2.45, 2.75) is 19.2 Å². The number of aliphatic hydroxyl groups is 1. The van der Waals surface area contributed by atoms with Crippen LogP contribution in [0.5, 0.6) is 0 Å². The Balaban J connectivity index is 2.45. The third-order valence-electron chi connectivity index (χ3n) is 3.10. The Kier molecular flexibility index (Phi) is 4.25. The zero-order valence-corrected chi connectivity index (χ0v) is 11.6. The van der Waals surface area contributed by atoms with Gasteiger partial charge in [-0.3, -0.25) is 0 Å². The summed E-state index contributed by atoms with van der Waals surface area (Å²) in [4.78, 5) is 0. The van der Waals surface area contributed by atoms with E-state index >= 15 is 0 Å². The molecule has 2 rings (SSSR count). The van der Waals surface area contributed by atoms with Gasteiger partial charge in [0.2, 0.25) is 0 Å². The Hall–Kier alpha value is -1.59. The Morgan fingerprint density at radius 2 is 1.81 bits per heavy atom. The molecule has 0 saturated heterocycles. The highest BCUT2D eigenvalue weighted by atomic mass is 35.5. The molecule has 1 N–H and O–H groups in total. The van der Waals surface area contributed by atoms with Crippen molar-refractivity contribution in [3.8, 4) is 0 Å². The largest absolute Gasteiger partial charge is 0.416 e. The SMILES string of the molecule is Cc1cc(C(O)c2cccc(C(F)(F)F)c2)c(Cl)cc1F. The summed E-state index contributed by atoms with van der Waals surface area (Å²) in [5, 5.41) is 10.2. The Labute approximate surface area is 123 Å². The molecular weight excluding hydrogens is 308 g/mol. The minimum atomic E-state index is -4.50. The third kappa shape index (κ3) is 3.36. The van der Waals surface area contributed by atoms with Crippen LogP contribution in [0.1, 0.15) is 28.4 Å². The van der Waals surface area contributed by atoms with Crippen molar-refractivity contribution in [2.24, 2.45) is 0 Å². The number of halogens is 5. The molecule has 0 fully saturated rings. The highest BCUT2D eigenvalue weighted by Crippen LogP contribution is 2.34. The van der Waals surface area contributed by atoms with E-state index < -0.39 is 23.7 Å². The van der Waals surface area contributed by atoms with Crippen LogP contribution in [0, 0.1) is 12.7 Å². The van der Waals surface area contributed by atoms with Gasteiger partial charge in [0.1, 0.15) is 11.9 Å². The minimum Gasteiger partial charge on any atom is -0.384 e. The van der Waals surface area contributed by atoms with Crippen molar-refractivity contribution in [1.29, 1.82) is 0 Å². The van der Waals surface area contributed by atoms with Crippen LogP contribution in [0.2, 0.25) is 5.02 Å². The van der Waals surface area contributed by atoms with Crippen LogP contribution in [0.25, 0.3) is 0 Å². The summed E-state index contributed by atoms with van der Waals surface area (Å²) in [5.41, 5.74) is -0.415. The highest BCUT2D eigenvalue weighted by molar-refractivity contribution is 6.31. The molecule has 2 aromatic carbocycles. The van der Waals surface area contributed by atoms with Crippen LogP contribution >= 0.6 is 11.6 Å². The van der Waals surface area contributed by atoms with Crippen molar-refractivity contribution >= 4 is 11.6 Å². The summed E-state index contributed by atoms with van der Waals surface area (Å²) in [6, 6.07) is 6.67. The number of aliphatic hydroxyl groups excluding tert-OH is 1. The first kappa shape index (κ1) is 15.8. The minimum absolute atomic E-state index is 0.0389. The van der Waals surface area contributed by atoms with Gasteiger partial charge in [0, 0.05) is 10.6 Å². The molecule has 0 radical (unpaired) electrons. The van der Waals surface area contributed by atoms with Gasteiger partial charge in [-0.2, -0.15) is 13.2 Å². The smallest absolute Gasteiger partial charge is 0.384 e. The van der Waals surface area contributed by atoms with Crippen LogP contribution < -0.4 is 0 Å². The van der Waals surface area contributed by atoms with Gasteiger partial charge in [0.25, 0.3) is 0 Å². The first-order valence-corrected chi connectivity index (χ1v) is 6.38. The third-order valence-corrected chi connectivity index (χ3v) is 3.43. The van der Waals surface area contributed by atoms with E-state index in [9.17, 15) is 22.7 Å². The number of benzene rings is 2. The lowest BCUT2D eigenvalue weighted by Gasteiger charge is -2.16. The topological polar surface area (TPSA) is 20.2 Å². The van der Waals surface area contributed by atoms with E-state index in [2.05, 4.69) is 0 Å². The van der Waals surface area contributed by atoms with Crippen LogP contribution in [0.15, 0.2) is 36.4 Å². The van der Waals surface area contributed by atoms with Gasteiger partial charge in [-0.25, -0.2) is 4.39 Å². The molecule has 0 bridgehead atoms. The fourth-order valence-electron chi connectivity index (χ4n) is 1.95. The average molecular weight is 319 g/mol. The highest BCUT2D eigenvalue weighted by Gasteiger charge is 2.31. The van der Waals surface area contributed by atoms with Gasteiger partial charge in [-0.15, -0.1) is 0 Å². The molecule has 0 aliphatic rings. The second kappa shape index (κ2) is 5.66. The second-order valence-corrected chi connectivity index (χ2v) is 5.06. The molecule has 0 saturated carbocycles. The molecule has 0 amide bonds. The first-order chi connectivity index (χ1) is 9.70. The zero-order chi connectivity index (χ0) is 15.8. The van der Waals surface area contributed by atoms with E-state index in [1.165, 1.54) is 25.1 Å². The number of hydrogen-bond acceptors (Lipinski definition) is 1. The van der Waals surface area contributed by atoms with E-state index in [0.717, 1.165) is 18.2 Å². The summed E-state index contributed by atoms with van der Waals surface area (Å²) >= 11 is 5.85. The first-order valence-electron chi connectivity index (χ1n) is 6.01. The number of aryl methyl sites for hydroxylation is 1. The van der Waals surface area contributed by atoms with E-state index in [-0.39, 0.29) is 21.7 Å². The normalized spacial score (nSPS) is 13.3. The molecule has 21 heavy (non-hydrogen) atoms. The molecule has 0 aliphatic heterocycles. The maximum atomic E-state index is 13.3. The van der Waals surface area contributed by atoms with Gasteiger partial charge in [-0.1, -0.05) is 23.7 Å². The molecule has 1 atom stereocenters. The Morgan fingerprint density at radius 1 is 1.14 bits per heavy atom. The maximum absolute atomic E-state index is 13.3. The van der Waals surface area contributed by atoms with Crippen molar-refractivity contribution in [2.75, 3.05) is 0 Å². The van der Waals surface area contributed by atoms with Crippen LogP contribution in [-0.4, -0.2) is 5.11 Å². The molecule has 0 spiro atoms. The van der Waals surface area contributed by atoms with E-state index in [4.69, 9.17) is 11.6 Å². The van der Waals surface area contributed by atoms with Gasteiger partial charge < -0.3 is 5.11 Å². The van der Waals surface area contributed by atoms with E-state index in [1.54, 1.807) is 0 Å². The molecule has 0 heterocycles. The average Bonchev–Trinajstić information content (AvgIpc) is 2.41. The van der Waals surface area contributed by atoms with Crippen molar-refractivity contribution in [3.05, 3.63) is 69.5 Å². The molecule has 1 unspecified atom stereocenters. The lowest BCUT2D eigenvalue weighted by atomic mass is 9.98. The summed E-state index contributed by atoms with van der Waals surface area (Å²) in [6.07, 6.45) is -5.86. The molecule has 1 nitrogen and oxygen atoms in total. The predicted molar refractivity (Wildman–Crippen MR) is 71.7 cm³/mol. The van der Waals surface area contributed by atoms with Crippen molar-refractivity contribution < 1.29 is 22.7 Å². The zero-order valence-electron chi connectivity index (χ0n) is 10.9. The monoisotopic (exact) mass is 318 g/mol. The summed E-state index contributed by atoms with van der Waals surface area (Å²) in [5.74, 6) is -0.542. The van der Waals surface area contributed by atoms with Crippen molar-refractivity contribution in [3.63, 3.8) is 0 Å². The maximum Gasteiger partial charge on any atom is 0.416 e. The molecule has 0 aliphatic carbocycles. The predicted octanol–water partition coefficient (Wildman–Crippen LogP) is 4.89. The molecule has 6 heteroatoms. The summed E-state index contributed by atoms with van der Waals surface area (Å²) in [6.45, 7) is 1.48. The summed E-state index contributed by atoms with van der Waals surface area (Å²) < 4.78 is 51.3. The van der Waals surface area contributed by atoms with Gasteiger partial charge in [0.05, 0.1) is 5.56 Å². The van der Waals surface area contributed by atoms with Crippen LogP contribution in [0.3, 0.4) is 0 Å². The Bertz CT molecular complexity index is 667. The van der Waals surface area contributed by atoms with Gasteiger partial charge >= 0.3 is 6.18 Å².